The number of pyridine rings is 1. The number of benzene rings is 2. The van der Waals surface area contributed by atoms with Crippen LogP contribution in [0.4, 0.5) is 13.2 Å². The molecule has 4 rings (SSSR count). The Morgan fingerprint density at radius 2 is 1.54 bits per heavy atom. The molecule has 0 aliphatic rings. The van der Waals surface area contributed by atoms with Gasteiger partial charge in [0, 0.05) is 10.9 Å². The molecule has 4 aromatic rings. The Morgan fingerprint density at radius 1 is 0.846 bits per heavy atom. The fraction of sp³-hybridized carbons (Fsp3) is 0.100. The maximum absolute atomic E-state index is 12.7. The van der Waals surface area contributed by atoms with E-state index in [2.05, 4.69) is 10.1 Å². The van der Waals surface area contributed by atoms with Gasteiger partial charge in [-0.05, 0) is 43.3 Å². The van der Waals surface area contributed by atoms with Crippen molar-refractivity contribution in [1.29, 1.82) is 0 Å². The predicted octanol–water partition coefficient (Wildman–Crippen LogP) is 5.41. The number of para-hydroxylation sites is 1. The first-order valence-corrected chi connectivity index (χ1v) is 8.03. The second-order valence-corrected chi connectivity index (χ2v) is 5.98. The van der Waals surface area contributed by atoms with Crippen molar-refractivity contribution in [3.05, 3.63) is 78.0 Å². The van der Waals surface area contributed by atoms with Gasteiger partial charge < -0.3 is 0 Å². The first-order valence-electron chi connectivity index (χ1n) is 8.03. The zero-order valence-electron chi connectivity index (χ0n) is 13.8. The molecular formula is C20H14F3N3. The van der Waals surface area contributed by atoms with Crippen molar-refractivity contribution < 1.29 is 13.2 Å². The summed E-state index contributed by atoms with van der Waals surface area (Å²) in [6.07, 6.45) is -4.35. The number of aryl methyl sites for hydroxylation is 1. The third-order valence-electron chi connectivity index (χ3n) is 4.22. The average molecular weight is 353 g/mol. The third-order valence-corrected chi connectivity index (χ3v) is 4.22. The van der Waals surface area contributed by atoms with Crippen LogP contribution in [0.25, 0.3) is 28.0 Å². The molecule has 0 fully saturated rings. The molecule has 0 unspecified atom stereocenters. The van der Waals surface area contributed by atoms with Crippen LogP contribution in [0.5, 0.6) is 0 Å². The van der Waals surface area contributed by atoms with E-state index in [0.29, 0.717) is 16.9 Å². The Kier molecular flexibility index (Phi) is 3.76. The molecular weight excluding hydrogens is 339 g/mol. The number of alkyl halides is 3. The SMILES string of the molecule is Cc1nn(-c2ccccc2)c2nc(-c3ccc(C(F)(F)F)cc3)ccc12. The molecule has 0 radical (unpaired) electrons. The molecule has 0 N–H and O–H groups in total. The monoisotopic (exact) mass is 353 g/mol. The summed E-state index contributed by atoms with van der Waals surface area (Å²) in [5.41, 5.74) is 2.94. The Balaban J connectivity index is 1.83. The van der Waals surface area contributed by atoms with Crippen molar-refractivity contribution in [2.24, 2.45) is 0 Å². The Labute approximate surface area is 147 Å². The van der Waals surface area contributed by atoms with E-state index >= 15 is 0 Å². The minimum absolute atomic E-state index is 0.600. The van der Waals surface area contributed by atoms with Gasteiger partial charge >= 0.3 is 6.18 Å². The second kappa shape index (κ2) is 5.98. The molecule has 2 aromatic carbocycles. The molecule has 0 bridgehead atoms. The van der Waals surface area contributed by atoms with Gasteiger partial charge in [0.15, 0.2) is 5.65 Å². The second-order valence-electron chi connectivity index (χ2n) is 5.98. The Morgan fingerprint density at radius 3 is 2.19 bits per heavy atom. The third kappa shape index (κ3) is 2.83. The first kappa shape index (κ1) is 16.3. The highest BCUT2D eigenvalue weighted by Gasteiger charge is 2.30. The molecule has 0 aliphatic heterocycles. The molecule has 0 spiro atoms. The van der Waals surface area contributed by atoms with Crippen LogP contribution < -0.4 is 0 Å². The van der Waals surface area contributed by atoms with E-state index < -0.39 is 11.7 Å². The molecule has 3 nitrogen and oxygen atoms in total. The lowest BCUT2D eigenvalue weighted by Crippen LogP contribution is -2.04. The van der Waals surface area contributed by atoms with Gasteiger partial charge in [-0.15, -0.1) is 0 Å². The molecule has 26 heavy (non-hydrogen) atoms. The number of fused-ring (bicyclic) bond motifs is 1. The van der Waals surface area contributed by atoms with Crippen LogP contribution in [0.1, 0.15) is 11.3 Å². The van der Waals surface area contributed by atoms with Crippen LogP contribution in [0.3, 0.4) is 0 Å². The van der Waals surface area contributed by atoms with Gasteiger partial charge in [0.25, 0.3) is 0 Å². The number of hydrogen-bond donors (Lipinski definition) is 0. The van der Waals surface area contributed by atoms with E-state index in [1.54, 1.807) is 10.7 Å². The van der Waals surface area contributed by atoms with Gasteiger partial charge in [0.2, 0.25) is 0 Å². The highest BCUT2D eigenvalue weighted by molar-refractivity contribution is 5.82. The molecule has 0 atom stereocenters. The molecule has 6 heteroatoms. The maximum Gasteiger partial charge on any atom is 0.416 e. The van der Waals surface area contributed by atoms with E-state index in [4.69, 9.17) is 0 Å². The molecule has 2 heterocycles. The summed E-state index contributed by atoms with van der Waals surface area (Å²) in [5.74, 6) is 0. The standard InChI is InChI=1S/C20H14F3N3/c1-13-17-11-12-18(14-7-9-15(10-8-14)20(21,22)23)24-19(17)26(25-13)16-5-3-2-4-6-16/h2-12H,1H3. The zero-order valence-corrected chi connectivity index (χ0v) is 13.8. The summed E-state index contributed by atoms with van der Waals surface area (Å²) in [6.45, 7) is 1.90. The van der Waals surface area contributed by atoms with Crippen molar-refractivity contribution in [3.63, 3.8) is 0 Å². The lowest BCUT2D eigenvalue weighted by molar-refractivity contribution is -0.137. The van der Waals surface area contributed by atoms with Crippen LogP contribution in [0, 0.1) is 6.92 Å². The van der Waals surface area contributed by atoms with Crippen LogP contribution in [0.15, 0.2) is 66.7 Å². The van der Waals surface area contributed by atoms with Crippen molar-refractivity contribution in [2.75, 3.05) is 0 Å². The normalized spacial score (nSPS) is 11.8. The van der Waals surface area contributed by atoms with E-state index in [1.165, 1.54) is 12.1 Å². The number of halogens is 3. The average Bonchev–Trinajstić information content (AvgIpc) is 2.98. The Hall–Kier alpha value is -3.15. The fourth-order valence-corrected chi connectivity index (χ4v) is 2.88. The van der Waals surface area contributed by atoms with Crippen molar-refractivity contribution in [2.45, 2.75) is 13.1 Å². The van der Waals surface area contributed by atoms with Gasteiger partial charge in [0.05, 0.1) is 22.6 Å². The summed E-state index contributed by atoms with van der Waals surface area (Å²) in [6, 6.07) is 18.3. The maximum atomic E-state index is 12.7. The van der Waals surface area contributed by atoms with E-state index in [-0.39, 0.29) is 0 Å². The minimum Gasteiger partial charge on any atom is -0.228 e. The van der Waals surface area contributed by atoms with Crippen LogP contribution in [-0.2, 0) is 6.18 Å². The molecule has 0 aliphatic carbocycles. The van der Waals surface area contributed by atoms with Crippen LogP contribution in [-0.4, -0.2) is 14.8 Å². The summed E-state index contributed by atoms with van der Waals surface area (Å²) in [4.78, 5) is 4.65. The molecule has 130 valence electrons. The van der Waals surface area contributed by atoms with E-state index in [9.17, 15) is 13.2 Å². The smallest absolute Gasteiger partial charge is 0.228 e. The van der Waals surface area contributed by atoms with Gasteiger partial charge in [-0.3, -0.25) is 0 Å². The molecule has 0 saturated carbocycles. The fourth-order valence-electron chi connectivity index (χ4n) is 2.88. The minimum atomic E-state index is -4.35. The predicted molar refractivity (Wildman–Crippen MR) is 94.0 cm³/mol. The van der Waals surface area contributed by atoms with Crippen molar-refractivity contribution >= 4 is 11.0 Å². The summed E-state index contributed by atoms with van der Waals surface area (Å²) in [5, 5.41) is 5.45. The van der Waals surface area contributed by atoms with Crippen LogP contribution in [0.2, 0.25) is 0 Å². The summed E-state index contributed by atoms with van der Waals surface area (Å²) >= 11 is 0. The first-order chi connectivity index (χ1) is 12.4. The Bertz CT molecular complexity index is 1070. The number of aromatic nitrogens is 3. The molecule has 0 amide bonds. The zero-order chi connectivity index (χ0) is 18.3. The highest BCUT2D eigenvalue weighted by atomic mass is 19.4. The van der Waals surface area contributed by atoms with Crippen molar-refractivity contribution in [1.82, 2.24) is 14.8 Å². The summed E-state index contributed by atoms with van der Waals surface area (Å²) in [7, 11) is 0. The van der Waals surface area contributed by atoms with Gasteiger partial charge in [0.1, 0.15) is 0 Å². The quantitative estimate of drug-likeness (QED) is 0.482. The molecule has 2 aromatic heterocycles. The lowest BCUT2D eigenvalue weighted by Gasteiger charge is -2.08. The van der Waals surface area contributed by atoms with Gasteiger partial charge in [-0.1, -0.05) is 30.3 Å². The number of nitrogens with zero attached hydrogens (tertiary/aromatic N) is 3. The topological polar surface area (TPSA) is 30.7 Å². The number of rotatable bonds is 2. The van der Waals surface area contributed by atoms with Crippen LogP contribution >= 0.6 is 0 Å². The van der Waals surface area contributed by atoms with Crippen molar-refractivity contribution in [3.8, 4) is 16.9 Å². The molecule has 0 saturated heterocycles. The van der Waals surface area contributed by atoms with Gasteiger partial charge in [-0.25, -0.2) is 9.67 Å². The highest BCUT2D eigenvalue weighted by Crippen LogP contribution is 2.31. The summed E-state index contributed by atoms with van der Waals surface area (Å²) < 4.78 is 40.0. The van der Waals surface area contributed by atoms with Gasteiger partial charge in [-0.2, -0.15) is 18.3 Å². The van der Waals surface area contributed by atoms with E-state index in [0.717, 1.165) is 28.9 Å². The largest absolute Gasteiger partial charge is 0.416 e. The number of hydrogen-bond acceptors (Lipinski definition) is 2. The lowest BCUT2D eigenvalue weighted by atomic mass is 10.1. The van der Waals surface area contributed by atoms with E-state index in [1.807, 2.05) is 43.3 Å².